The molecule has 2 amide bonds. The van der Waals surface area contributed by atoms with Gasteiger partial charge < -0.3 is 10.2 Å². The summed E-state index contributed by atoms with van der Waals surface area (Å²) >= 11 is 13.8. The van der Waals surface area contributed by atoms with E-state index in [0.29, 0.717) is 22.3 Å². The summed E-state index contributed by atoms with van der Waals surface area (Å²) in [5.74, 6) is 0.605. The van der Waals surface area contributed by atoms with Crippen LogP contribution in [-0.2, 0) is 21.9 Å². The van der Waals surface area contributed by atoms with E-state index in [9.17, 15) is 9.59 Å². The summed E-state index contributed by atoms with van der Waals surface area (Å²) in [5.41, 5.74) is 1.87. The Labute approximate surface area is 187 Å². The van der Waals surface area contributed by atoms with Crippen molar-refractivity contribution in [3.63, 3.8) is 0 Å². The molecule has 29 heavy (non-hydrogen) atoms. The monoisotopic (exact) mass is 452 g/mol. The molecule has 0 unspecified atom stereocenters. The van der Waals surface area contributed by atoms with Gasteiger partial charge in [-0.3, -0.25) is 9.59 Å². The summed E-state index contributed by atoms with van der Waals surface area (Å²) in [6.45, 7) is 5.86. The Morgan fingerprint density at radius 3 is 2.45 bits per heavy atom. The van der Waals surface area contributed by atoms with E-state index in [-0.39, 0.29) is 23.6 Å². The predicted octanol–water partition coefficient (Wildman–Crippen LogP) is 5.17. The van der Waals surface area contributed by atoms with E-state index >= 15 is 0 Å². The Morgan fingerprint density at radius 1 is 1.07 bits per heavy atom. The van der Waals surface area contributed by atoms with Crippen LogP contribution >= 0.6 is 35.0 Å². The van der Waals surface area contributed by atoms with E-state index in [2.05, 4.69) is 5.32 Å². The number of hydrogen-bond acceptors (Lipinski definition) is 3. The normalized spacial score (nSPS) is 11.9. The lowest BCUT2D eigenvalue weighted by Crippen LogP contribution is -2.49. The fourth-order valence-corrected chi connectivity index (χ4v) is 4.18. The minimum atomic E-state index is -0.593. The molecule has 0 radical (unpaired) electrons. The van der Waals surface area contributed by atoms with E-state index in [0.717, 1.165) is 11.1 Å². The third-order valence-corrected chi connectivity index (χ3v) is 5.85. The van der Waals surface area contributed by atoms with E-state index in [4.69, 9.17) is 23.2 Å². The number of carbonyl (C=O) groups excluding carboxylic acids is 2. The highest BCUT2D eigenvalue weighted by Gasteiger charge is 2.26. The molecule has 0 bridgehead atoms. The summed E-state index contributed by atoms with van der Waals surface area (Å²) < 4.78 is 0. The molecule has 4 nitrogen and oxygen atoms in total. The summed E-state index contributed by atoms with van der Waals surface area (Å²) in [6, 6.07) is 14.3. The number of hydrogen-bond donors (Lipinski definition) is 1. The summed E-state index contributed by atoms with van der Waals surface area (Å²) in [4.78, 5) is 27.1. The molecule has 1 N–H and O–H groups in total. The molecule has 0 aliphatic carbocycles. The maximum absolute atomic E-state index is 13.0. The van der Waals surface area contributed by atoms with E-state index < -0.39 is 6.04 Å². The average molecular weight is 453 g/mol. The molecule has 0 saturated heterocycles. The van der Waals surface area contributed by atoms with Crippen molar-refractivity contribution in [1.82, 2.24) is 10.2 Å². The molecule has 7 heteroatoms. The number of nitrogens with one attached hydrogen (secondary N) is 1. The van der Waals surface area contributed by atoms with Gasteiger partial charge in [0, 0.05) is 28.4 Å². The number of thioether (sulfide) groups is 1. The molecule has 2 aromatic rings. The van der Waals surface area contributed by atoms with Crippen LogP contribution in [-0.4, -0.2) is 34.6 Å². The molecule has 0 fully saturated rings. The fraction of sp³-hybridized carbons (Fsp3) is 0.364. The van der Waals surface area contributed by atoms with Gasteiger partial charge in [0.2, 0.25) is 11.8 Å². The first-order valence-corrected chi connectivity index (χ1v) is 11.3. The minimum Gasteiger partial charge on any atom is -0.352 e. The molecule has 0 aromatic heterocycles. The smallest absolute Gasteiger partial charge is 0.242 e. The van der Waals surface area contributed by atoms with Crippen LogP contribution in [0.4, 0.5) is 0 Å². The van der Waals surface area contributed by atoms with Crippen molar-refractivity contribution >= 4 is 46.8 Å². The van der Waals surface area contributed by atoms with Gasteiger partial charge in [0.05, 0.1) is 5.75 Å². The zero-order valence-electron chi connectivity index (χ0n) is 16.8. The Morgan fingerprint density at radius 2 is 1.79 bits per heavy atom. The highest BCUT2D eigenvalue weighted by atomic mass is 35.5. The van der Waals surface area contributed by atoms with Crippen LogP contribution in [0.15, 0.2) is 48.5 Å². The third-order valence-electron chi connectivity index (χ3n) is 4.28. The molecular weight excluding hydrogens is 427 g/mol. The van der Waals surface area contributed by atoms with Crippen LogP contribution in [0, 0.1) is 0 Å². The lowest BCUT2D eigenvalue weighted by atomic mass is 10.1. The van der Waals surface area contributed by atoms with Crippen molar-refractivity contribution in [3.8, 4) is 0 Å². The minimum absolute atomic E-state index is 0.00247. The van der Waals surface area contributed by atoms with Crippen molar-refractivity contribution in [1.29, 1.82) is 0 Å². The van der Waals surface area contributed by atoms with Crippen LogP contribution in [0.25, 0.3) is 0 Å². The van der Waals surface area contributed by atoms with Crippen LogP contribution in [0.1, 0.15) is 31.9 Å². The molecule has 1 atom stereocenters. The standard InChI is InChI=1S/C22H26Cl2N2O2S/c1-15(2)25-22(28)16(3)26(12-17-7-6-9-19(23)11-17)21(27)14-29-13-18-8-4-5-10-20(18)24/h4-11,15-16H,12-14H2,1-3H3,(H,25,28)/t16-/m0/s1. The lowest BCUT2D eigenvalue weighted by molar-refractivity contribution is -0.138. The molecule has 156 valence electrons. The first kappa shape index (κ1) is 23.6. The number of halogens is 2. The maximum Gasteiger partial charge on any atom is 0.242 e. The molecule has 0 spiro atoms. The molecular formula is C22H26Cl2N2O2S. The Hall–Kier alpha value is -1.69. The van der Waals surface area contributed by atoms with Crippen molar-refractivity contribution in [3.05, 3.63) is 69.7 Å². The van der Waals surface area contributed by atoms with Gasteiger partial charge in [-0.05, 0) is 50.1 Å². The number of nitrogens with zero attached hydrogens (tertiary/aromatic N) is 1. The van der Waals surface area contributed by atoms with Gasteiger partial charge in [0.1, 0.15) is 6.04 Å². The number of benzene rings is 2. The van der Waals surface area contributed by atoms with Crippen LogP contribution in [0.3, 0.4) is 0 Å². The summed E-state index contributed by atoms with van der Waals surface area (Å²) in [6.07, 6.45) is 0. The molecule has 0 aliphatic heterocycles. The van der Waals surface area contributed by atoms with Gasteiger partial charge in [-0.2, -0.15) is 0 Å². The summed E-state index contributed by atoms with van der Waals surface area (Å²) in [7, 11) is 0. The van der Waals surface area contributed by atoms with E-state index in [1.54, 1.807) is 17.9 Å². The van der Waals surface area contributed by atoms with Crippen LogP contribution < -0.4 is 5.32 Å². The van der Waals surface area contributed by atoms with Crippen LogP contribution in [0.2, 0.25) is 10.0 Å². The zero-order chi connectivity index (χ0) is 21.4. The van der Waals surface area contributed by atoms with Gasteiger partial charge in [0.15, 0.2) is 0 Å². The SMILES string of the molecule is CC(C)NC(=O)[C@H](C)N(Cc1cccc(Cl)c1)C(=O)CSCc1ccccc1Cl. The molecule has 0 aliphatic rings. The Bertz CT molecular complexity index is 845. The largest absolute Gasteiger partial charge is 0.352 e. The van der Waals surface area contributed by atoms with Crippen LogP contribution in [0.5, 0.6) is 0 Å². The highest BCUT2D eigenvalue weighted by Crippen LogP contribution is 2.22. The first-order valence-electron chi connectivity index (χ1n) is 9.43. The second-order valence-corrected chi connectivity index (χ2v) is 8.90. The van der Waals surface area contributed by atoms with Crippen molar-refractivity contribution in [2.45, 2.75) is 45.2 Å². The molecule has 2 rings (SSSR count). The van der Waals surface area contributed by atoms with E-state index in [1.165, 1.54) is 11.8 Å². The molecule has 0 heterocycles. The molecule has 0 saturated carbocycles. The Balaban J connectivity index is 2.09. The number of rotatable bonds is 9. The zero-order valence-corrected chi connectivity index (χ0v) is 19.2. The van der Waals surface area contributed by atoms with Crippen molar-refractivity contribution < 1.29 is 9.59 Å². The van der Waals surface area contributed by atoms with E-state index in [1.807, 2.05) is 56.3 Å². The second-order valence-electron chi connectivity index (χ2n) is 7.08. The average Bonchev–Trinajstić information content (AvgIpc) is 2.66. The number of carbonyl (C=O) groups is 2. The number of amides is 2. The Kier molecular flexibility index (Phi) is 9.34. The second kappa shape index (κ2) is 11.5. The predicted molar refractivity (Wildman–Crippen MR) is 122 cm³/mol. The maximum atomic E-state index is 13.0. The quantitative estimate of drug-likeness (QED) is 0.570. The highest BCUT2D eigenvalue weighted by molar-refractivity contribution is 7.99. The van der Waals surface area contributed by atoms with Crippen molar-refractivity contribution in [2.24, 2.45) is 0 Å². The lowest BCUT2D eigenvalue weighted by Gasteiger charge is -2.29. The van der Waals surface area contributed by atoms with Gasteiger partial charge >= 0.3 is 0 Å². The first-order chi connectivity index (χ1) is 13.8. The van der Waals surface area contributed by atoms with Crippen molar-refractivity contribution in [2.75, 3.05) is 5.75 Å². The van der Waals surface area contributed by atoms with Gasteiger partial charge in [-0.15, -0.1) is 11.8 Å². The fourth-order valence-electron chi connectivity index (χ4n) is 2.77. The molecule has 2 aromatic carbocycles. The van der Waals surface area contributed by atoms with Gasteiger partial charge in [-0.25, -0.2) is 0 Å². The third kappa shape index (κ3) is 7.57. The topological polar surface area (TPSA) is 49.4 Å². The van der Waals surface area contributed by atoms with Gasteiger partial charge in [-0.1, -0.05) is 53.5 Å². The summed E-state index contributed by atoms with van der Waals surface area (Å²) in [5, 5.41) is 4.17. The van der Waals surface area contributed by atoms with Gasteiger partial charge in [0.25, 0.3) is 0 Å².